The second-order valence-electron chi connectivity index (χ2n) is 8.43. The number of aliphatic hydroxyl groups excluding tert-OH is 1. The van der Waals surface area contributed by atoms with Crippen LogP contribution in [0.2, 0.25) is 0 Å². The van der Waals surface area contributed by atoms with Crippen molar-refractivity contribution in [3.63, 3.8) is 0 Å². The second-order valence-corrected chi connectivity index (χ2v) is 8.43. The fraction of sp³-hybridized carbons (Fsp3) is 0.381. The van der Waals surface area contributed by atoms with Crippen molar-refractivity contribution < 1.29 is 19.7 Å². The Hall–Kier alpha value is -3.08. The molecule has 0 atom stereocenters. The molecule has 0 aliphatic carbocycles. The number of hydrogen-bond acceptors (Lipinski definition) is 8. The first-order valence-corrected chi connectivity index (χ1v) is 9.70. The molecule has 0 spiro atoms. The molecule has 3 aromatic heterocycles. The van der Waals surface area contributed by atoms with E-state index in [4.69, 9.17) is 0 Å². The fourth-order valence-corrected chi connectivity index (χ4v) is 3.10. The van der Waals surface area contributed by atoms with Gasteiger partial charge in [-0.15, -0.1) is 0 Å². The molecule has 0 saturated carbocycles. The molecule has 166 valence electrons. The van der Waals surface area contributed by atoms with E-state index in [0.29, 0.717) is 22.4 Å². The fourth-order valence-electron chi connectivity index (χ4n) is 3.10. The number of aliphatic hydroxyl groups is 3. The summed E-state index contributed by atoms with van der Waals surface area (Å²) in [6.07, 6.45) is 2.47. The average Bonchev–Trinajstić information content (AvgIpc) is 2.63. The van der Waals surface area contributed by atoms with Crippen molar-refractivity contribution in [1.29, 1.82) is 0 Å². The summed E-state index contributed by atoms with van der Waals surface area (Å²) in [7, 11) is 0. The summed E-state index contributed by atoms with van der Waals surface area (Å²) in [5.74, 6) is -2.43. The Kier molecular flexibility index (Phi) is 5.99. The lowest BCUT2D eigenvalue weighted by molar-refractivity contribution is -0.154. The molecular weight excluding hydrogens is 405 g/mol. The van der Waals surface area contributed by atoms with Crippen LogP contribution in [0.15, 0.2) is 35.4 Å². The van der Waals surface area contributed by atoms with Gasteiger partial charge in [-0.2, -0.15) is 0 Å². The molecule has 3 aromatic rings. The van der Waals surface area contributed by atoms with Crippen LogP contribution in [0.4, 0.5) is 21.8 Å². The van der Waals surface area contributed by atoms with E-state index in [2.05, 4.69) is 20.6 Å². The van der Waals surface area contributed by atoms with Gasteiger partial charge in [0.05, 0.1) is 23.8 Å². The summed E-state index contributed by atoms with van der Waals surface area (Å²) in [5.41, 5.74) is -1.04. The zero-order valence-electron chi connectivity index (χ0n) is 17.8. The summed E-state index contributed by atoms with van der Waals surface area (Å²) < 4.78 is 15.3. The number of fused-ring (bicyclic) bond motifs is 1. The van der Waals surface area contributed by atoms with Gasteiger partial charge in [0, 0.05) is 18.3 Å². The van der Waals surface area contributed by atoms with Gasteiger partial charge in [-0.05, 0) is 51.3 Å². The predicted octanol–water partition coefficient (Wildman–Crippen LogP) is 2.03. The zero-order valence-corrected chi connectivity index (χ0v) is 17.8. The Balaban J connectivity index is 2.12. The molecule has 0 amide bonds. The van der Waals surface area contributed by atoms with Crippen LogP contribution in [0.1, 0.15) is 33.3 Å². The molecule has 0 aliphatic heterocycles. The Morgan fingerprint density at radius 2 is 1.87 bits per heavy atom. The largest absolute Gasteiger partial charge is 0.395 e. The molecule has 31 heavy (non-hydrogen) atoms. The number of nitrogens with one attached hydrogen (secondary N) is 2. The lowest BCUT2D eigenvalue weighted by atomic mass is 10.1. The van der Waals surface area contributed by atoms with Gasteiger partial charge < -0.3 is 30.5 Å². The smallest absolute Gasteiger partial charge is 0.262 e. The van der Waals surface area contributed by atoms with Crippen LogP contribution >= 0.6 is 0 Å². The van der Waals surface area contributed by atoms with Crippen molar-refractivity contribution in [2.75, 3.05) is 17.2 Å². The Bertz CT molecular complexity index is 1170. The van der Waals surface area contributed by atoms with Gasteiger partial charge in [0.2, 0.25) is 0 Å². The summed E-state index contributed by atoms with van der Waals surface area (Å²) in [4.78, 5) is 21.4. The second kappa shape index (κ2) is 8.22. The molecule has 10 heteroatoms. The summed E-state index contributed by atoms with van der Waals surface area (Å²) in [6.45, 7) is 6.81. The van der Waals surface area contributed by atoms with E-state index in [1.54, 1.807) is 18.3 Å². The Morgan fingerprint density at radius 3 is 2.48 bits per heavy atom. The van der Waals surface area contributed by atoms with Gasteiger partial charge >= 0.3 is 0 Å². The summed E-state index contributed by atoms with van der Waals surface area (Å²) in [5, 5.41) is 35.8. The van der Waals surface area contributed by atoms with E-state index >= 15 is 0 Å². The molecule has 3 rings (SSSR count). The average molecular weight is 431 g/mol. The number of aromatic nitrogens is 3. The molecule has 0 fully saturated rings. The topological polar surface area (TPSA) is 133 Å². The SMILES string of the molecule is CC(C)(C)Nc1nc(Nc2cc(C(C)(O)O)c(F)cn2)cc2ccn(CCO)c(=O)c12. The molecular formula is C21H26FN5O4. The van der Waals surface area contributed by atoms with Crippen LogP contribution in [0.3, 0.4) is 0 Å². The van der Waals surface area contributed by atoms with Gasteiger partial charge in [-0.1, -0.05) is 0 Å². The van der Waals surface area contributed by atoms with Crippen LogP contribution < -0.4 is 16.2 Å². The molecule has 0 aromatic carbocycles. The van der Waals surface area contributed by atoms with Crippen molar-refractivity contribution in [3.8, 4) is 0 Å². The van der Waals surface area contributed by atoms with E-state index in [1.807, 2.05) is 20.8 Å². The normalized spacial score (nSPS) is 12.3. The molecule has 9 nitrogen and oxygen atoms in total. The minimum Gasteiger partial charge on any atom is -0.395 e. The number of nitrogens with zero attached hydrogens (tertiary/aromatic N) is 3. The highest BCUT2D eigenvalue weighted by Gasteiger charge is 2.24. The van der Waals surface area contributed by atoms with E-state index in [0.717, 1.165) is 13.1 Å². The Labute approximate surface area is 178 Å². The van der Waals surface area contributed by atoms with Crippen molar-refractivity contribution in [2.45, 2.75) is 45.6 Å². The first-order valence-electron chi connectivity index (χ1n) is 9.70. The molecule has 0 unspecified atom stereocenters. The number of hydrogen-bond donors (Lipinski definition) is 5. The van der Waals surface area contributed by atoms with E-state index in [1.165, 1.54) is 10.6 Å². The van der Waals surface area contributed by atoms with E-state index in [9.17, 15) is 24.5 Å². The third-order valence-corrected chi connectivity index (χ3v) is 4.41. The van der Waals surface area contributed by atoms with Crippen LogP contribution in [-0.4, -0.2) is 42.0 Å². The van der Waals surface area contributed by atoms with Gasteiger partial charge in [-0.25, -0.2) is 14.4 Å². The molecule has 5 N–H and O–H groups in total. The van der Waals surface area contributed by atoms with Crippen LogP contribution in [0.25, 0.3) is 10.8 Å². The molecule has 3 heterocycles. The number of anilines is 3. The van der Waals surface area contributed by atoms with Crippen molar-refractivity contribution in [3.05, 3.63) is 52.3 Å². The number of halogens is 1. The third kappa shape index (κ3) is 5.16. The predicted molar refractivity (Wildman–Crippen MR) is 116 cm³/mol. The molecule has 0 radical (unpaired) electrons. The van der Waals surface area contributed by atoms with Gasteiger partial charge in [-0.3, -0.25) is 4.79 Å². The number of rotatable bonds is 6. The Morgan fingerprint density at radius 1 is 1.16 bits per heavy atom. The van der Waals surface area contributed by atoms with E-state index < -0.39 is 17.1 Å². The minimum absolute atomic E-state index is 0.146. The highest BCUT2D eigenvalue weighted by molar-refractivity contribution is 5.93. The standard InChI is InChI=1S/C21H26FN5O4/c1-20(2,3)26-18-17-12(5-6-27(7-8-28)19(17)29)9-16(25-18)24-15-10-13(21(4,30)31)14(22)11-23-15/h5-6,9-11,28,30-31H,7-8H2,1-4H3,(H2,23,24,25,26). The van der Waals surface area contributed by atoms with Crippen molar-refractivity contribution >= 4 is 28.2 Å². The van der Waals surface area contributed by atoms with Crippen molar-refractivity contribution in [1.82, 2.24) is 14.5 Å². The summed E-state index contributed by atoms with van der Waals surface area (Å²) >= 11 is 0. The highest BCUT2D eigenvalue weighted by atomic mass is 19.1. The monoisotopic (exact) mass is 431 g/mol. The van der Waals surface area contributed by atoms with Gasteiger partial charge in [0.1, 0.15) is 23.3 Å². The lowest BCUT2D eigenvalue weighted by Crippen LogP contribution is -2.29. The first kappa shape index (κ1) is 22.6. The molecule has 0 bridgehead atoms. The maximum Gasteiger partial charge on any atom is 0.262 e. The van der Waals surface area contributed by atoms with Gasteiger partial charge in [0.25, 0.3) is 5.56 Å². The maximum atomic E-state index is 13.9. The molecule has 0 saturated heterocycles. The van der Waals surface area contributed by atoms with Crippen LogP contribution in [0.5, 0.6) is 0 Å². The quantitative estimate of drug-likeness (QED) is 0.375. The highest BCUT2D eigenvalue weighted by Crippen LogP contribution is 2.28. The zero-order chi connectivity index (χ0) is 23.0. The van der Waals surface area contributed by atoms with Gasteiger partial charge in [0.15, 0.2) is 5.79 Å². The van der Waals surface area contributed by atoms with Crippen LogP contribution in [0, 0.1) is 5.82 Å². The van der Waals surface area contributed by atoms with Crippen LogP contribution in [-0.2, 0) is 12.3 Å². The van der Waals surface area contributed by atoms with Crippen molar-refractivity contribution in [2.24, 2.45) is 0 Å². The minimum atomic E-state index is -2.38. The maximum absolute atomic E-state index is 13.9. The third-order valence-electron chi connectivity index (χ3n) is 4.41. The summed E-state index contributed by atoms with van der Waals surface area (Å²) in [6, 6.07) is 4.54. The lowest BCUT2D eigenvalue weighted by Gasteiger charge is -2.23. The van der Waals surface area contributed by atoms with E-state index in [-0.39, 0.29) is 30.1 Å². The first-order chi connectivity index (χ1) is 14.4. The number of pyridine rings is 3. The molecule has 0 aliphatic rings.